The van der Waals surface area contributed by atoms with E-state index in [2.05, 4.69) is 15.7 Å². The molecule has 2 heterocycles. The minimum absolute atomic E-state index is 0.0786. The van der Waals surface area contributed by atoms with E-state index in [1.54, 1.807) is 16.9 Å². The van der Waals surface area contributed by atoms with Gasteiger partial charge in [0.05, 0.1) is 17.8 Å². The van der Waals surface area contributed by atoms with Gasteiger partial charge in [-0.1, -0.05) is 24.3 Å². The van der Waals surface area contributed by atoms with Gasteiger partial charge in [-0.15, -0.1) is 0 Å². The van der Waals surface area contributed by atoms with Crippen molar-refractivity contribution in [2.45, 2.75) is 25.0 Å². The van der Waals surface area contributed by atoms with Crippen molar-refractivity contribution in [3.05, 3.63) is 54.0 Å². The fraction of sp³-hybridized carbons (Fsp3) is 0.348. The standard InChI is InChI=1S/C23H24FN5O2/c1-29-21-11-16(4-6-18(21)13-27-29)15-3-5-17(20(24)10-15)9-19(12-25)28-23(30)22-14-26-7-2-8-31-22/h3-6,10-11,13,19,22,26H,2,7-9,14H2,1H3,(H,28,30)/t19-,22-/m0/s1. The largest absolute Gasteiger partial charge is 0.367 e. The third kappa shape index (κ3) is 4.74. The number of aryl methyl sites for hydroxylation is 1. The summed E-state index contributed by atoms with van der Waals surface area (Å²) in [6.07, 6.45) is 2.05. The van der Waals surface area contributed by atoms with E-state index in [1.807, 2.05) is 37.4 Å². The topological polar surface area (TPSA) is 92.0 Å². The Morgan fingerprint density at radius 1 is 1.39 bits per heavy atom. The van der Waals surface area contributed by atoms with Crippen molar-refractivity contribution in [2.24, 2.45) is 7.05 Å². The highest BCUT2D eigenvalue weighted by Crippen LogP contribution is 2.26. The molecule has 7 nitrogen and oxygen atoms in total. The highest BCUT2D eigenvalue weighted by Gasteiger charge is 2.24. The molecule has 2 N–H and O–H groups in total. The molecule has 160 valence electrons. The second-order valence-corrected chi connectivity index (χ2v) is 7.66. The van der Waals surface area contributed by atoms with Crippen molar-refractivity contribution in [3.63, 3.8) is 0 Å². The Morgan fingerprint density at radius 3 is 3.00 bits per heavy atom. The van der Waals surface area contributed by atoms with Gasteiger partial charge >= 0.3 is 0 Å². The van der Waals surface area contributed by atoms with Gasteiger partial charge in [0.1, 0.15) is 18.0 Å². The van der Waals surface area contributed by atoms with Gasteiger partial charge < -0.3 is 15.4 Å². The van der Waals surface area contributed by atoms with Crippen LogP contribution in [0.2, 0.25) is 0 Å². The SMILES string of the molecule is Cn1ncc2ccc(-c3ccc(C[C@@H](C#N)NC(=O)[C@@H]4CNCCCO4)c(F)c3)cc21. The number of hydrogen-bond donors (Lipinski definition) is 2. The maximum Gasteiger partial charge on any atom is 0.251 e. The minimum atomic E-state index is -0.842. The van der Waals surface area contributed by atoms with E-state index >= 15 is 0 Å². The maximum absolute atomic E-state index is 14.8. The molecule has 1 aliphatic rings. The molecule has 2 aromatic carbocycles. The Hall–Kier alpha value is -3.28. The van der Waals surface area contributed by atoms with Gasteiger partial charge in [0.2, 0.25) is 0 Å². The predicted molar refractivity (Wildman–Crippen MR) is 115 cm³/mol. The van der Waals surface area contributed by atoms with Crippen LogP contribution in [-0.2, 0) is 23.0 Å². The van der Waals surface area contributed by atoms with Gasteiger partial charge in [0, 0.05) is 32.0 Å². The molecule has 1 aromatic heterocycles. The molecular weight excluding hydrogens is 397 g/mol. The molecule has 31 heavy (non-hydrogen) atoms. The Bertz CT molecular complexity index is 1130. The second kappa shape index (κ2) is 9.25. The van der Waals surface area contributed by atoms with Crippen LogP contribution in [0.1, 0.15) is 12.0 Å². The van der Waals surface area contributed by atoms with Crippen LogP contribution in [0, 0.1) is 17.1 Å². The van der Waals surface area contributed by atoms with Crippen molar-refractivity contribution in [1.29, 1.82) is 5.26 Å². The number of ether oxygens (including phenoxy) is 1. The number of nitriles is 1. The second-order valence-electron chi connectivity index (χ2n) is 7.66. The third-order valence-electron chi connectivity index (χ3n) is 5.47. The Labute approximate surface area is 179 Å². The number of carbonyl (C=O) groups excluding carboxylic acids is 1. The summed E-state index contributed by atoms with van der Waals surface area (Å²) >= 11 is 0. The molecule has 0 aliphatic carbocycles. The first-order valence-corrected chi connectivity index (χ1v) is 10.3. The number of nitrogens with one attached hydrogen (secondary N) is 2. The van der Waals surface area contributed by atoms with Crippen molar-refractivity contribution < 1.29 is 13.9 Å². The molecule has 1 saturated heterocycles. The van der Waals surface area contributed by atoms with E-state index < -0.39 is 18.0 Å². The summed E-state index contributed by atoms with van der Waals surface area (Å²) in [6, 6.07) is 12.0. The van der Waals surface area contributed by atoms with E-state index in [1.165, 1.54) is 6.07 Å². The average molecular weight is 421 g/mol. The zero-order valence-electron chi connectivity index (χ0n) is 17.3. The Kier molecular flexibility index (Phi) is 6.26. The lowest BCUT2D eigenvalue weighted by Gasteiger charge is -2.18. The van der Waals surface area contributed by atoms with Crippen LogP contribution in [0.25, 0.3) is 22.0 Å². The molecule has 4 rings (SSSR count). The molecule has 1 amide bonds. The normalized spacial score (nSPS) is 17.6. The predicted octanol–water partition coefficient (Wildman–Crippen LogP) is 2.31. The summed E-state index contributed by atoms with van der Waals surface area (Å²) in [4.78, 5) is 12.4. The van der Waals surface area contributed by atoms with Gasteiger partial charge in [-0.2, -0.15) is 10.4 Å². The van der Waals surface area contributed by atoms with E-state index in [9.17, 15) is 14.4 Å². The number of benzene rings is 2. The smallest absolute Gasteiger partial charge is 0.251 e. The first kappa shape index (κ1) is 21.0. The van der Waals surface area contributed by atoms with Crippen molar-refractivity contribution >= 4 is 16.8 Å². The Balaban J connectivity index is 1.47. The summed E-state index contributed by atoms with van der Waals surface area (Å²) in [7, 11) is 1.86. The zero-order valence-corrected chi connectivity index (χ0v) is 17.3. The van der Waals surface area contributed by atoms with Gasteiger partial charge in [-0.25, -0.2) is 4.39 Å². The molecule has 1 aliphatic heterocycles. The van der Waals surface area contributed by atoms with E-state index in [0.717, 1.165) is 35.0 Å². The summed E-state index contributed by atoms with van der Waals surface area (Å²) in [5, 5.41) is 20.5. The monoisotopic (exact) mass is 421 g/mol. The molecule has 0 radical (unpaired) electrons. The number of fused-ring (bicyclic) bond motifs is 1. The summed E-state index contributed by atoms with van der Waals surface area (Å²) in [5.74, 6) is -0.771. The summed E-state index contributed by atoms with van der Waals surface area (Å²) < 4.78 is 22.1. The molecule has 8 heteroatoms. The van der Waals surface area contributed by atoms with Gasteiger partial charge in [-0.3, -0.25) is 9.48 Å². The lowest BCUT2D eigenvalue weighted by molar-refractivity contribution is -0.132. The fourth-order valence-electron chi connectivity index (χ4n) is 3.71. The molecule has 0 bridgehead atoms. The maximum atomic E-state index is 14.8. The van der Waals surface area contributed by atoms with E-state index in [0.29, 0.717) is 18.7 Å². The molecule has 0 unspecified atom stereocenters. The zero-order chi connectivity index (χ0) is 21.8. The van der Waals surface area contributed by atoms with Crippen LogP contribution in [0.4, 0.5) is 4.39 Å². The lowest BCUT2D eigenvalue weighted by Crippen LogP contribution is -2.46. The first-order chi connectivity index (χ1) is 15.0. The molecule has 0 saturated carbocycles. The highest BCUT2D eigenvalue weighted by atomic mass is 19.1. The molecular formula is C23H24FN5O2. The van der Waals surface area contributed by atoms with Gasteiger partial charge in [0.25, 0.3) is 5.91 Å². The number of nitrogens with zero attached hydrogens (tertiary/aromatic N) is 3. The fourth-order valence-corrected chi connectivity index (χ4v) is 3.71. The average Bonchev–Trinajstić information content (AvgIpc) is 2.97. The quantitative estimate of drug-likeness (QED) is 0.660. The highest BCUT2D eigenvalue weighted by molar-refractivity contribution is 5.84. The van der Waals surface area contributed by atoms with Crippen LogP contribution >= 0.6 is 0 Å². The van der Waals surface area contributed by atoms with Crippen molar-refractivity contribution in [2.75, 3.05) is 19.7 Å². The van der Waals surface area contributed by atoms with Crippen LogP contribution < -0.4 is 10.6 Å². The number of halogens is 1. The number of amides is 1. The lowest BCUT2D eigenvalue weighted by atomic mass is 9.99. The van der Waals surface area contributed by atoms with Crippen molar-refractivity contribution in [3.8, 4) is 17.2 Å². The summed E-state index contributed by atoms with van der Waals surface area (Å²) in [6.45, 7) is 1.67. The van der Waals surface area contributed by atoms with E-state index in [-0.39, 0.29) is 12.3 Å². The molecule has 1 fully saturated rings. The van der Waals surface area contributed by atoms with Gasteiger partial charge in [0.15, 0.2) is 0 Å². The van der Waals surface area contributed by atoms with Crippen LogP contribution in [0.3, 0.4) is 0 Å². The minimum Gasteiger partial charge on any atom is -0.367 e. The number of aromatic nitrogens is 2. The van der Waals surface area contributed by atoms with Crippen LogP contribution in [-0.4, -0.2) is 47.5 Å². The number of carbonyl (C=O) groups is 1. The van der Waals surface area contributed by atoms with E-state index in [4.69, 9.17) is 4.74 Å². The molecule has 2 atom stereocenters. The number of rotatable bonds is 5. The van der Waals surface area contributed by atoms with Crippen LogP contribution in [0.5, 0.6) is 0 Å². The van der Waals surface area contributed by atoms with Gasteiger partial charge in [-0.05, 0) is 41.8 Å². The van der Waals surface area contributed by atoms with Crippen molar-refractivity contribution in [1.82, 2.24) is 20.4 Å². The first-order valence-electron chi connectivity index (χ1n) is 10.3. The van der Waals surface area contributed by atoms with Crippen LogP contribution in [0.15, 0.2) is 42.6 Å². The third-order valence-corrected chi connectivity index (χ3v) is 5.47. The summed E-state index contributed by atoms with van der Waals surface area (Å²) in [5.41, 5.74) is 2.95. The molecule has 0 spiro atoms. The molecule has 3 aromatic rings. The Morgan fingerprint density at radius 2 is 2.19 bits per heavy atom. The number of hydrogen-bond acceptors (Lipinski definition) is 5.